The Morgan fingerprint density at radius 2 is 1.70 bits per heavy atom. The fraction of sp³-hybridized carbons (Fsp3) is 0.625. The molecule has 0 aliphatic carbocycles. The summed E-state index contributed by atoms with van der Waals surface area (Å²) < 4.78 is 2.32. The van der Waals surface area contributed by atoms with Gasteiger partial charge in [-0.25, -0.2) is 9.97 Å². The Labute approximate surface area is 121 Å². The zero-order valence-corrected chi connectivity index (χ0v) is 13.7. The number of nitrogens with zero attached hydrogens (tertiary/aromatic N) is 3. The summed E-state index contributed by atoms with van der Waals surface area (Å²) in [6.45, 7) is 15.6. The normalized spacial score (nSPS) is 13.2. The third-order valence-electron chi connectivity index (χ3n) is 3.89. The van der Waals surface area contributed by atoms with E-state index in [1.165, 1.54) is 11.3 Å². The first-order valence-corrected chi connectivity index (χ1v) is 7.13. The van der Waals surface area contributed by atoms with Crippen molar-refractivity contribution in [3.63, 3.8) is 0 Å². The van der Waals surface area contributed by atoms with E-state index in [9.17, 15) is 0 Å². The minimum absolute atomic E-state index is 0.0182. The molecule has 0 aromatic carbocycles. The molecule has 0 amide bonds. The van der Waals surface area contributed by atoms with Gasteiger partial charge in [-0.1, -0.05) is 20.8 Å². The van der Waals surface area contributed by atoms with E-state index < -0.39 is 0 Å². The topological polar surface area (TPSA) is 56.7 Å². The number of fused-ring (bicyclic) bond motifs is 1. The van der Waals surface area contributed by atoms with Crippen molar-refractivity contribution < 1.29 is 0 Å². The lowest BCUT2D eigenvalue weighted by molar-refractivity contribution is 0.216. The van der Waals surface area contributed by atoms with Gasteiger partial charge in [-0.15, -0.1) is 0 Å². The second kappa shape index (κ2) is 4.47. The van der Waals surface area contributed by atoms with Crippen molar-refractivity contribution in [3.8, 4) is 0 Å². The zero-order valence-electron chi connectivity index (χ0n) is 13.7. The van der Waals surface area contributed by atoms with E-state index >= 15 is 0 Å². The Hall–Kier alpha value is -1.58. The van der Waals surface area contributed by atoms with E-state index in [-0.39, 0.29) is 11.0 Å². The highest BCUT2D eigenvalue weighted by Gasteiger charge is 2.31. The third-order valence-corrected chi connectivity index (χ3v) is 3.89. The highest BCUT2D eigenvalue weighted by molar-refractivity contribution is 5.91. The zero-order chi connectivity index (χ0) is 15.3. The fourth-order valence-corrected chi connectivity index (χ4v) is 3.54. The molecular weight excluding hydrogens is 248 g/mol. The molecule has 2 rings (SSSR count). The van der Waals surface area contributed by atoms with E-state index in [1.54, 1.807) is 6.33 Å². The summed E-state index contributed by atoms with van der Waals surface area (Å²) in [4.78, 5) is 8.62. The molecule has 0 unspecified atom stereocenters. The molecule has 0 aliphatic heterocycles. The Bertz CT molecular complexity index is 645. The lowest BCUT2D eigenvalue weighted by Crippen LogP contribution is -2.32. The van der Waals surface area contributed by atoms with Crippen LogP contribution in [0.1, 0.15) is 52.3 Å². The van der Waals surface area contributed by atoms with Gasteiger partial charge >= 0.3 is 0 Å². The van der Waals surface area contributed by atoms with Crippen LogP contribution in [0.3, 0.4) is 0 Å². The van der Waals surface area contributed by atoms with Gasteiger partial charge in [0.1, 0.15) is 17.8 Å². The van der Waals surface area contributed by atoms with Gasteiger partial charge < -0.3 is 10.3 Å². The molecule has 4 heteroatoms. The van der Waals surface area contributed by atoms with E-state index in [0.717, 1.165) is 17.5 Å². The van der Waals surface area contributed by atoms with Crippen molar-refractivity contribution in [3.05, 3.63) is 17.6 Å². The summed E-state index contributed by atoms with van der Waals surface area (Å²) in [7, 11) is 0. The van der Waals surface area contributed by atoms with Gasteiger partial charge in [0.2, 0.25) is 0 Å². The molecule has 0 saturated heterocycles. The van der Waals surface area contributed by atoms with Crippen LogP contribution in [0.4, 0.5) is 5.82 Å². The number of anilines is 1. The molecule has 2 aromatic rings. The fourth-order valence-electron chi connectivity index (χ4n) is 3.54. The molecule has 20 heavy (non-hydrogen) atoms. The standard InChI is InChI=1S/C16H26N4/c1-10-11(2)20(16(6,7)8-15(3,4)5)14-12(10)13(17)18-9-19-14/h9H,8H2,1-7H3,(H2,17,18,19). The van der Waals surface area contributed by atoms with Crippen molar-refractivity contribution in [1.29, 1.82) is 0 Å². The number of hydrogen-bond donors (Lipinski definition) is 1. The number of aromatic nitrogens is 3. The van der Waals surface area contributed by atoms with Crippen LogP contribution in [-0.4, -0.2) is 14.5 Å². The molecule has 0 bridgehead atoms. The lowest BCUT2D eigenvalue weighted by atomic mass is 9.81. The quantitative estimate of drug-likeness (QED) is 0.906. The third kappa shape index (κ3) is 2.39. The predicted molar refractivity (Wildman–Crippen MR) is 84.8 cm³/mol. The van der Waals surface area contributed by atoms with Gasteiger partial charge in [0.15, 0.2) is 0 Å². The SMILES string of the molecule is Cc1c(C)n(C(C)(C)CC(C)(C)C)c2ncnc(N)c12. The lowest BCUT2D eigenvalue weighted by Gasteiger charge is -2.35. The second-order valence-corrected chi connectivity index (χ2v) is 7.55. The molecule has 0 atom stereocenters. The largest absolute Gasteiger partial charge is 0.383 e. The molecule has 2 N–H and O–H groups in total. The summed E-state index contributed by atoms with van der Waals surface area (Å²) in [6.07, 6.45) is 2.62. The predicted octanol–water partition coefficient (Wildman–Crippen LogP) is 3.80. The molecule has 0 spiro atoms. The van der Waals surface area contributed by atoms with Crippen molar-refractivity contribution in [2.75, 3.05) is 5.73 Å². The van der Waals surface area contributed by atoms with E-state index in [1.807, 2.05) is 0 Å². The Balaban J connectivity index is 2.72. The first-order valence-electron chi connectivity index (χ1n) is 7.13. The molecule has 0 fully saturated rings. The van der Waals surface area contributed by atoms with Gasteiger partial charge in [0.05, 0.1) is 5.39 Å². The summed E-state index contributed by atoms with van der Waals surface area (Å²) in [5, 5.41) is 0.993. The van der Waals surface area contributed by atoms with Crippen LogP contribution in [0.2, 0.25) is 0 Å². The maximum absolute atomic E-state index is 6.05. The van der Waals surface area contributed by atoms with Gasteiger partial charge in [0, 0.05) is 11.2 Å². The van der Waals surface area contributed by atoms with Crippen LogP contribution >= 0.6 is 0 Å². The molecule has 2 heterocycles. The number of nitrogens with two attached hydrogens (primary N) is 1. The summed E-state index contributed by atoms with van der Waals surface area (Å²) in [6, 6.07) is 0. The number of hydrogen-bond acceptors (Lipinski definition) is 3. The van der Waals surface area contributed by atoms with Crippen LogP contribution < -0.4 is 5.73 Å². The van der Waals surface area contributed by atoms with Crippen LogP contribution in [-0.2, 0) is 5.54 Å². The van der Waals surface area contributed by atoms with Crippen molar-refractivity contribution in [1.82, 2.24) is 14.5 Å². The molecule has 2 aromatic heterocycles. The monoisotopic (exact) mass is 274 g/mol. The average Bonchev–Trinajstić information content (AvgIpc) is 2.49. The Morgan fingerprint density at radius 3 is 2.25 bits per heavy atom. The van der Waals surface area contributed by atoms with Gasteiger partial charge in [-0.05, 0) is 45.1 Å². The minimum Gasteiger partial charge on any atom is -0.383 e. The minimum atomic E-state index is -0.0182. The van der Waals surface area contributed by atoms with Crippen LogP contribution in [0.5, 0.6) is 0 Å². The molecule has 110 valence electrons. The highest BCUT2D eigenvalue weighted by atomic mass is 15.1. The maximum atomic E-state index is 6.05. The molecular formula is C16H26N4. The number of aryl methyl sites for hydroxylation is 1. The molecule has 4 nitrogen and oxygen atoms in total. The highest BCUT2D eigenvalue weighted by Crippen LogP contribution is 2.38. The van der Waals surface area contributed by atoms with E-state index in [2.05, 4.69) is 63.0 Å². The molecule has 0 radical (unpaired) electrons. The average molecular weight is 274 g/mol. The summed E-state index contributed by atoms with van der Waals surface area (Å²) in [5.41, 5.74) is 9.63. The van der Waals surface area contributed by atoms with Gasteiger partial charge in [0.25, 0.3) is 0 Å². The van der Waals surface area contributed by atoms with Crippen molar-refractivity contribution in [2.24, 2.45) is 5.41 Å². The number of nitrogen functional groups attached to an aromatic ring is 1. The van der Waals surface area contributed by atoms with Crippen LogP contribution in [0.15, 0.2) is 6.33 Å². The second-order valence-electron chi connectivity index (χ2n) is 7.55. The van der Waals surface area contributed by atoms with Crippen molar-refractivity contribution >= 4 is 16.9 Å². The molecule has 0 saturated carbocycles. The smallest absolute Gasteiger partial charge is 0.146 e. The Morgan fingerprint density at radius 1 is 1.10 bits per heavy atom. The van der Waals surface area contributed by atoms with E-state index in [0.29, 0.717) is 5.82 Å². The maximum Gasteiger partial charge on any atom is 0.146 e. The van der Waals surface area contributed by atoms with Crippen LogP contribution in [0.25, 0.3) is 11.0 Å². The van der Waals surface area contributed by atoms with Gasteiger partial charge in [-0.3, -0.25) is 0 Å². The first kappa shape index (κ1) is 14.8. The summed E-state index contributed by atoms with van der Waals surface area (Å²) in [5.74, 6) is 0.570. The first-order chi connectivity index (χ1) is 9.04. The van der Waals surface area contributed by atoms with Crippen LogP contribution in [0, 0.1) is 19.3 Å². The summed E-state index contributed by atoms with van der Waals surface area (Å²) >= 11 is 0. The molecule has 0 aliphatic rings. The number of rotatable bonds is 2. The van der Waals surface area contributed by atoms with E-state index in [4.69, 9.17) is 5.73 Å². The van der Waals surface area contributed by atoms with Crippen molar-refractivity contribution in [2.45, 2.75) is 60.4 Å². The Kier molecular flexibility index (Phi) is 3.31. The van der Waals surface area contributed by atoms with Gasteiger partial charge in [-0.2, -0.15) is 0 Å².